The summed E-state index contributed by atoms with van der Waals surface area (Å²) in [6, 6.07) is 13.9. The van der Waals surface area contributed by atoms with Crippen LogP contribution in [0.15, 0.2) is 70.5 Å². The number of fused-ring (bicyclic) bond motifs is 1. The molecule has 2 amide bonds. The molecule has 0 spiro atoms. The molecule has 0 unspecified atom stereocenters. The fourth-order valence-electron chi connectivity index (χ4n) is 4.09. The first-order valence-electron chi connectivity index (χ1n) is 10.8. The van der Waals surface area contributed by atoms with Crippen LogP contribution in [0, 0.1) is 23.0 Å². The Balaban J connectivity index is 1.87. The summed E-state index contributed by atoms with van der Waals surface area (Å²) in [5.74, 6) is -5.90. The molecule has 1 saturated heterocycles. The van der Waals surface area contributed by atoms with Crippen LogP contribution in [0.3, 0.4) is 0 Å². The molecular weight excluding hydrogens is 490 g/mol. The Morgan fingerprint density at radius 2 is 1.83 bits per heavy atom. The SMILES string of the molecule is COC(=O)C[C@H]1SC2=C(C(=O)NCc3ccccc3)[C@H](c3c(F)cccc3F)C(C#N)=C(N)N2C1=O. The largest absolute Gasteiger partial charge is 0.469 e. The molecule has 0 aliphatic carbocycles. The maximum atomic E-state index is 15.0. The van der Waals surface area contributed by atoms with Gasteiger partial charge in [-0.25, -0.2) is 8.78 Å². The lowest BCUT2D eigenvalue weighted by atomic mass is 9.82. The molecule has 2 aromatic carbocycles. The molecule has 3 N–H and O–H groups in total. The summed E-state index contributed by atoms with van der Waals surface area (Å²) in [6.45, 7) is 0.0776. The number of hydrogen-bond acceptors (Lipinski definition) is 7. The van der Waals surface area contributed by atoms with Gasteiger partial charge in [0.25, 0.3) is 5.91 Å². The van der Waals surface area contributed by atoms with Crippen LogP contribution in [0.4, 0.5) is 8.78 Å². The summed E-state index contributed by atoms with van der Waals surface area (Å²) in [6.07, 6.45) is -0.327. The van der Waals surface area contributed by atoms with Crippen LogP contribution in [0.1, 0.15) is 23.5 Å². The van der Waals surface area contributed by atoms with E-state index in [0.29, 0.717) is 0 Å². The van der Waals surface area contributed by atoms with E-state index < -0.39 is 46.1 Å². The van der Waals surface area contributed by atoms with E-state index in [1.807, 2.05) is 6.07 Å². The molecule has 0 bridgehead atoms. The van der Waals surface area contributed by atoms with Crippen molar-refractivity contribution in [1.29, 1.82) is 5.26 Å². The summed E-state index contributed by atoms with van der Waals surface area (Å²) >= 11 is 0.857. The number of hydrogen-bond donors (Lipinski definition) is 2. The molecule has 0 saturated carbocycles. The molecule has 36 heavy (non-hydrogen) atoms. The minimum absolute atomic E-state index is 0.00335. The van der Waals surface area contributed by atoms with E-state index in [1.165, 1.54) is 7.11 Å². The van der Waals surface area contributed by atoms with Crippen LogP contribution >= 0.6 is 11.8 Å². The lowest BCUT2D eigenvalue weighted by Crippen LogP contribution is -2.40. The maximum Gasteiger partial charge on any atom is 0.307 e. The first-order chi connectivity index (χ1) is 17.3. The molecule has 2 aromatic rings. The van der Waals surface area contributed by atoms with Crippen molar-refractivity contribution in [2.24, 2.45) is 5.73 Å². The standard InChI is InChI=1S/C25H20F2N4O4S/c1-35-18(32)10-17-24(34)31-22(29)14(11-28)19(20-15(26)8-5-9-16(20)27)21(25(31)36-17)23(33)30-12-13-6-3-2-4-7-13/h2-9,17,19H,10,12,29H2,1H3,(H,30,33)/t17-,19+/m1/s1. The van der Waals surface area contributed by atoms with E-state index in [4.69, 9.17) is 5.73 Å². The highest BCUT2D eigenvalue weighted by Gasteiger charge is 2.49. The highest BCUT2D eigenvalue weighted by atomic mass is 32.2. The zero-order chi connectivity index (χ0) is 26.0. The molecule has 8 nitrogen and oxygen atoms in total. The Morgan fingerprint density at radius 3 is 2.44 bits per heavy atom. The van der Waals surface area contributed by atoms with Crippen molar-refractivity contribution >= 4 is 29.5 Å². The van der Waals surface area contributed by atoms with Crippen molar-refractivity contribution in [2.75, 3.05) is 7.11 Å². The fourth-order valence-corrected chi connectivity index (χ4v) is 5.42. The van der Waals surface area contributed by atoms with Crippen LogP contribution in [0.2, 0.25) is 0 Å². The summed E-state index contributed by atoms with van der Waals surface area (Å²) in [5, 5.41) is 11.6. The van der Waals surface area contributed by atoms with Gasteiger partial charge in [-0.1, -0.05) is 48.2 Å². The van der Waals surface area contributed by atoms with Crippen LogP contribution in [-0.2, 0) is 25.7 Å². The zero-order valence-electron chi connectivity index (χ0n) is 19.0. The number of rotatable bonds is 6. The number of carbonyl (C=O) groups excluding carboxylic acids is 3. The number of ether oxygens (including phenoxy) is 1. The zero-order valence-corrected chi connectivity index (χ0v) is 19.8. The van der Waals surface area contributed by atoms with E-state index in [-0.39, 0.29) is 35.0 Å². The molecule has 4 rings (SSSR count). The predicted molar refractivity (Wildman–Crippen MR) is 126 cm³/mol. The summed E-state index contributed by atoms with van der Waals surface area (Å²) in [5.41, 5.74) is 5.80. The number of methoxy groups -OCH3 is 1. The average Bonchev–Trinajstić information content (AvgIpc) is 3.18. The maximum absolute atomic E-state index is 15.0. The molecule has 2 atom stereocenters. The van der Waals surface area contributed by atoms with Gasteiger partial charge in [0.05, 0.1) is 41.7 Å². The van der Waals surface area contributed by atoms with Crippen LogP contribution < -0.4 is 11.1 Å². The van der Waals surface area contributed by atoms with Crippen molar-refractivity contribution in [1.82, 2.24) is 10.2 Å². The lowest BCUT2D eigenvalue weighted by Gasteiger charge is -2.32. The van der Waals surface area contributed by atoms with Gasteiger partial charge >= 0.3 is 5.97 Å². The highest BCUT2D eigenvalue weighted by Crippen LogP contribution is 2.50. The van der Waals surface area contributed by atoms with Gasteiger partial charge in [-0.15, -0.1) is 0 Å². The highest BCUT2D eigenvalue weighted by molar-refractivity contribution is 8.04. The molecule has 2 heterocycles. The number of halogens is 2. The van der Waals surface area contributed by atoms with Gasteiger partial charge in [0.2, 0.25) is 5.91 Å². The Labute approximate surface area is 209 Å². The van der Waals surface area contributed by atoms with Gasteiger partial charge in [-0.05, 0) is 17.7 Å². The Kier molecular flexibility index (Phi) is 7.07. The second-order valence-electron chi connectivity index (χ2n) is 7.93. The second-order valence-corrected chi connectivity index (χ2v) is 9.12. The number of benzene rings is 2. The second kappa shape index (κ2) is 10.2. The van der Waals surface area contributed by atoms with E-state index >= 15 is 0 Å². The molecule has 0 radical (unpaired) electrons. The minimum atomic E-state index is -1.52. The quantitative estimate of drug-likeness (QED) is 0.573. The monoisotopic (exact) mass is 510 g/mol. The number of nitrogens with zero attached hydrogens (tertiary/aromatic N) is 2. The number of allylic oxidation sites excluding steroid dienone is 1. The third-order valence-electron chi connectivity index (χ3n) is 5.81. The number of carbonyl (C=O) groups is 3. The number of nitrogens with one attached hydrogen (secondary N) is 1. The van der Waals surface area contributed by atoms with Crippen LogP contribution in [0.5, 0.6) is 0 Å². The van der Waals surface area contributed by atoms with Crippen LogP contribution in [-0.4, -0.2) is 35.0 Å². The van der Waals surface area contributed by atoms with Crippen molar-refractivity contribution in [3.05, 3.63) is 93.3 Å². The smallest absolute Gasteiger partial charge is 0.307 e. The van der Waals surface area contributed by atoms with Gasteiger partial charge in [0.1, 0.15) is 22.7 Å². The number of amides is 2. The van der Waals surface area contributed by atoms with E-state index in [0.717, 1.165) is 40.4 Å². The van der Waals surface area contributed by atoms with Gasteiger partial charge in [0.15, 0.2) is 0 Å². The molecule has 184 valence electrons. The molecule has 2 aliphatic heterocycles. The van der Waals surface area contributed by atoms with Crippen LogP contribution in [0.25, 0.3) is 0 Å². The first kappa shape index (κ1) is 24.9. The molecule has 11 heteroatoms. The van der Waals surface area contributed by atoms with Gasteiger partial charge < -0.3 is 15.8 Å². The Hall–Kier alpha value is -4.17. The Bertz CT molecular complexity index is 1330. The molecule has 1 fully saturated rings. The number of thioether (sulfide) groups is 1. The van der Waals surface area contributed by atoms with Crippen molar-refractivity contribution in [3.63, 3.8) is 0 Å². The third-order valence-corrected chi connectivity index (χ3v) is 7.09. The van der Waals surface area contributed by atoms with Gasteiger partial charge in [-0.2, -0.15) is 5.26 Å². The summed E-state index contributed by atoms with van der Waals surface area (Å²) in [4.78, 5) is 39.5. The molecule has 2 aliphatic rings. The topological polar surface area (TPSA) is 126 Å². The molecule has 0 aromatic heterocycles. The summed E-state index contributed by atoms with van der Waals surface area (Å²) in [7, 11) is 1.17. The fraction of sp³-hybridized carbons (Fsp3) is 0.200. The van der Waals surface area contributed by atoms with E-state index in [9.17, 15) is 28.4 Å². The van der Waals surface area contributed by atoms with E-state index in [1.54, 1.807) is 30.3 Å². The first-order valence-corrected chi connectivity index (χ1v) is 11.6. The third kappa shape index (κ3) is 4.43. The summed E-state index contributed by atoms with van der Waals surface area (Å²) < 4.78 is 34.6. The number of esters is 1. The van der Waals surface area contributed by atoms with Gasteiger partial charge in [-0.3, -0.25) is 19.3 Å². The number of nitrogens with two attached hydrogens (primary N) is 1. The Morgan fingerprint density at radius 1 is 1.17 bits per heavy atom. The van der Waals surface area contributed by atoms with Crippen molar-refractivity contribution in [3.8, 4) is 6.07 Å². The van der Waals surface area contributed by atoms with Crippen molar-refractivity contribution in [2.45, 2.75) is 24.1 Å². The minimum Gasteiger partial charge on any atom is -0.469 e. The lowest BCUT2D eigenvalue weighted by molar-refractivity contribution is -0.142. The predicted octanol–water partition coefficient (Wildman–Crippen LogP) is 2.79. The average molecular weight is 511 g/mol. The van der Waals surface area contributed by atoms with Gasteiger partial charge in [0, 0.05) is 12.1 Å². The number of nitriles is 1. The normalized spacial score (nSPS) is 19.2. The molecular formula is C25H20F2N4O4S. The van der Waals surface area contributed by atoms with E-state index in [2.05, 4.69) is 10.1 Å². The van der Waals surface area contributed by atoms with Crippen molar-refractivity contribution < 1.29 is 27.9 Å².